The first kappa shape index (κ1) is 22.3. The Balaban J connectivity index is 1.54. The summed E-state index contributed by atoms with van der Waals surface area (Å²) in [6.07, 6.45) is -0.910. The first-order valence-electron chi connectivity index (χ1n) is 11.3. The summed E-state index contributed by atoms with van der Waals surface area (Å²) in [5.41, 5.74) is 1.44. The highest BCUT2D eigenvalue weighted by atomic mass is 127. The molecule has 174 valence electrons. The van der Waals surface area contributed by atoms with Crippen molar-refractivity contribution in [1.29, 1.82) is 0 Å². The molecule has 0 unspecified atom stereocenters. The van der Waals surface area contributed by atoms with E-state index in [4.69, 9.17) is 4.74 Å². The van der Waals surface area contributed by atoms with Crippen LogP contribution in [-0.4, -0.2) is 29.0 Å². The van der Waals surface area contributed by atoms with Gasteiger partial charge in [-0.1, -0.05) is 42.5 Å². The molecule has 0 bridgehead atoms. The zero-order valence-electron chi connectivity index (χ0n) is 18.9. The van der Waals surface area contributed by atoms with E-state index in [-0.39, 0.29) is 11.1 Å². The number of carbonyl (C=O) groups excluding carboxylic acids is 4. The molecule has 0 aromatic heterocycles. The molecule has 6 nitrogen and oxygen atoms in total. The Morgan fingerprint density at radius 2 is 1.43 bits per heavy atom. The first-order valence-corrected chi connectivity index (χ1v) is 12.4. The Morgan fingerprint density at radius 1 is 0.800 bits per heavy atom. The maximum Gasteiger partial charge on any atom is 0.241 e. The number of halogens is 1. The van der Waals surface area contributed by atoms with E-state index in [1.54, 1.807) is 36.4 Å². The third-order valence-corrected chi connectivity index (χ3v) is 8.19. The molecule has 3 atom stereocenters. The maximum atomic E-state index is 13.9. The lowest BCUT2D eigenvalue weighted by atomic mass is 9.77. The van der Waals surface area contributed by atoms with Crippen molar-refractivity contribution in [2.45, 2.75) is 25.6 Å². The van der Waals surface area contributed by atoms with Crippen LogP contribution in [0.1, 0.15) is 43.5 Å². The zero-order chi connectivity index (χ0) is 24.6. The van der Waals surface area contributed by atoms with E-state index in [1.165, 1.54) is 0 Å². The number of Topliss-reactive ketones (excluding diaryl/α,β-unsaturated/α-hetero) is 2. The second kappa shape index (κ2) is 7.66. The summed E-state index contributed by atoms with van der Waals surface area (Å²) in [6.45, 7) is 3.86. The number of carbonyl (C=O) groups is 4. The van der Waals surface area contributed by atoms with Gasteiger partial charge >= 0.3 is 0 Å². The number of amides is 2. The van der Waals surface area contributed by atoms with Gasteiger partial charge in [0.05, 0.1) is 23.6 Å². The molecule has 1 spiro atoms. The van der Waals surface area contributed by atoms with Crippen LogP contribution >= 0.6 is 22.6 Å². The van der Waals surface area contributed by atoms with Gasteiger partial charge in [0, 0.05) is 14.7 Å². The Kier molecular flexibility index (Phi) is 4.88. The monoisotopic (exact) mass is 577 g/mol. The third kappa shape index (κ3) is 2.91. The molecule has 35 heavy (non-hydrogen) atoms. The lowest BCUT2D eigenvalue weighted by molar-refractivity contribution is -0.127. The normalized spacial score (nSPS) is 24.4. The van der Waals surface area contributed by atoms with Crippen LogP contribution in [0.2, 0.25) is 0 Å². The van der Waals surface area contributed by atoms with E-state index in [0.29, 0.717) is 11.3 Å². The highest BCUT2D eigenvalue weighted by Gasteiger charge is 2.74. The summed E-state index contributed by atoms with van der Waals surface area (Å²) in [6, 6.07) is 19.2. The number of benzene rings is 3. The summed E-state index contributed by atoms with van der Waals surface area (Å²) >= 11 is 2.17. The molecule has 3 aromatic rings. The molecular formula is C28H20INO5. The quantitative estimate of drug-likeness (QED) is 0.253. The van der Waals surface area contributed by atoms with Crippen LogP contribution in [0.3, 0.4) is 0 Å². The lowest BCUT2D eigenvalue weighted by Crippen LogP contribution is -2.51. The molecule has 1 aliphatic carbocycles. The molecule has 2 fully saturated rings. The Hall–Kier alpha value is -3.17. The molecule has 2 amide bonds. The molecule has 0 N–H and O–H groups in total. The highest BCUT2D eigenvalue weighted by molar-refractivity contribution is 14.1. The van der Waals surface area contributed by atoms with Gasteiger partial charge in [0.25, 0.3) is 0 Å². The van der Waals surface area contributed by atoms with Crippen LogP contribution in [0.4, 0.5) is 5.69 Å². The average Bonchev–Trinajstić information content (AvgIpc) is 3.41. The van der Waals surface area contributed by atoms with Gasteiger partial charge in [0.2, 0.25) is 29.0 Å². The molecule has 0 saturated carbocycles. The number of imide groups is 1. The van der Waals surface area contributed by atoms with E-state index in [0.717, 1.165) is 19.6 Å². The number of rotatable bonds is 2. The van der Waals surface area contributed by atoms with E-state index >= 15 is 0 Å². The number of fused-ring (bicyclic) bond motifs is 3. The number of aryl methyl sites for hydroxylation is 2. The predicted octanol–water partition coefficient (Wildman–Crippen LogP) is 4.60. The van der Waals surface area contributed by atoms with Crippen molar-refractivity contribution in [3.05, 3.63) is 98.1 Å². The van der Waals surface area contributed by atoms with Crippen LogP contribution in [-0.2, 0) is 14.3 Å². The number of hydrogen-bond donors (Lipinski definition) is 0. The van der Waals surface area contributed by atoms with Crippen molar-refractivity contribution in [3.8, 4) is 0 Å². The second-order valence-electron chi connectivity index (χ2n) is 9.31. The number of ether oxygens (including phenoxy) is 1. The summed E-state index contributed by atoms with van der Waals surface area (Å²) in [4.78, 5) is 56.5. The second-order valence-corrected chi connectivity index (χ2v) is 10.6. The number of anilines is 1. The molecule has 3 aliphatic rings. The molecule has 3 aromatic carbocycles. The van der Waals surface area contributed by atoms with Crippen molar-refractivity contribution in [1.82, 2.24) is 0 Å². The summed E-state index contributed by atoms with van der Waals surface area (Å²) in [5, 5.41) is 0. The minimum absolute atomic E-state index is 0.226. The van der Waals surface area contributed by atoms with Crippen molar-refractivity contribution < 1.29 is 23.9 Å². The number of nitrogens with zero attached hydrogens (tertiary/aromatic N) is 1. The fraction of sp³-hybridized carbons (Fsp3) is 0.214. The topological polar surface area (TPSA) is 80.8 Å². The Bertz CT molecular complexity index is 1430. The summed E-state index contributed by atoms with van der Waals surface area (Å²) in [5.74, 6) is -4.38. The largest absolute Gasteiger partial charge is 0.349 e. The first-order chi connectivity index (χ1) is 16.8. The Morgan fingerprint density at radius 3 is 2.03 bits per heavy atom. The van der Waals surface area contributed by atoms with E-state index in [1.807, 2.05) is 44.2 Å². The fourth-order valence-corrected chi connectivity index (χ4v) is 5.95. The predicted molar refractivity (Wildman–Crippen MR) is 136 cm³/mol. The highest BCUT2D eigenvalue weighted by Crippen LogP contribution is 2.57. The molecule has 7 heteroatoms. The number of hydrogen-bond acceptors (Lipinski definition) is 5. The molecule has 2 aliphatic heterocycles. The van der Waals surface area contributed by atoms with Gasteiger partial charge in [-0.25, -0.2) is 4.90 Å². The summed E-state index contributed by atoms with van der Waals surface area (Å²) < 4.78 is 7.30. The van der Waals surface area contributed by atoms with Gasteiger partial charge in [0.15, 0.2) is 0 Å². The van der Waals surface area contributed by atoms with Crippen molar-refractivity contribution in [2.75, 3.05) is 4.90 Å². The number of ketones is 2. The van der Waals surface area contributed by atoms with Crippen molar-refractivity contribution >= 4 is 51.7 Å². The maximum absolute atomic E-state index is 13.9. The molecule has 0 radical (unpaired) electrons. The minimum Gasteiger partial charge on any atom is -0.349 e. The van der Waals surface area contributed by atoms with Crippen LogP contribution in [0.25, 0.3) is 0 Å². The van der Waals surface area contributed by atoms with Crippen LogP contribution in [0, 0.1) is 29.3 Å². The molecule has 6 rings (SSSR count). The van der Waals surface area contributed by atoms with Gasteiger partial charge < -0.3 is 4.74 Å². The molecular weight excluding hydrogens is 557 g/mol. The van der Waals surface area contributed by atoms with E-state index < -0.39 is 46.9 Å². The van der Waals surface area contributed by atoms with Gasteiger partial charge in [-0.05, 0) is 77.4 Å². The van der Waals surface area contributed by atoms with Crippen molar-refractivity contribution in [3.63, 3.8) is 0 Å². The summed E-state index contributed by atoms with van der Waals surface area (Å²) in [7, 11) is 0. The fourth-order valence-electron chi connectivity index (χ4n) is 5.59. The average molecular weight is 577 g/mol. The standard InChI is InChI=1S/C28H20INO5/c1-14-7-12-18(13-15(14)2)30-26(33)21-22(27(30)34)28(35-23(21)16-8-10-17(29)11-9-16)24(31)19-5-3-4-6-20(19)25(28)32/h3-13,21-23H,1-2H3/t21-,22+,23+/m0/s1. The zero-order valence-corrected chi connectivity index (χ0v) is 21.1. The van der Waals surface area contributed by atoms with Gasteiger partial charge in [0.1, 0.15) is 0 Å². The van der Waals surface area contributed by atoms with Crippen molar-refractivity contribution in [2.24, 2.45) is 11.8 Å². The molecule has 2 saturated heterocycles. The van der Waals surface area contributed by atoms with Crippen LogP contribution < -0.4 is 4.90 Å². The van der Waals surface area contributed by atoms with E-state index in [9.17, 15) is 19.2 Å². The minimum atomic E-state index is -2.05. The van der Waals surface area contributed by atoms with Crippen LogP contribution in [0.5, 0.6) is 0 Å². The Labute approximate surface area is 215 Å². The smallest absolute Gasteiger partial charge is 0.241 e. The van der Waals surface area contributed by atoms with Gasteiger partial charge in [-0.3, -0.25) is 19.2 Å². The van der Waals surface area contributed by atoms with Gasteiger partial charge in [-0.2, -0.15) is 0 Å². The SMILES string of the molecule is Cc1ccc(N2C(=O)[C@@H]3[C@@H](c4ccc(I)cc4)OC4(C(=O)c5ccccc5C4=O)[C@H]3C2=O)cc1C. The molecule has 2 heterocycles. The third-order valence-electron chi connectivity index (χ3n) is 7.47. The van der Waals surface area contributed by atoms with Crippen LogP contribution in [0.15, 0.2) is 66.7 Å². The van der Waals surface area contributed by atoms with E-state index in [2.05, 4.69) is 22.6 Å². The van der Waals surface area contributed by atoms with Gasteiger partial charge in [-0.15, -0.1) is 0 Å². The lowest BCUT2D eigenvalue weighted by Gasteiger charge is -2.27.